The second kappa shape index (κ2) is 3.87. The van der Waals surface area contributed by atoms with Gasteiger partial charge < -0.3 is 10.5 Å². The molecule has 0 aromatic carbocycles. The van der Waals surface area contributed by atoms with Crippen LogP contribution >= 0.6 is 0 Å². The number of nitrogen functional groups attached to an aromatic ring is 1. The van der Waals surface area contributed by atoms with Crippen molar-refractivity contribution < 1.29 is 13.5 Å². The minimum atomic E-state index is -2.73. The molecule has 2 N–H and O–H groups in total. The Morgan fingerprint density at radius 1 is 1.64 bits per heavy atom. The van der Waals surface area contributed by atoms with E-state index in [2.05, 4.69) is 9.72 Å². The number of anilines is 1. The van der Waals surface area contributed by atoms with Crippen molar-refractivity contribution in [3.8, 4) is 11.8 Å². The van der Waals surface area contributed by atoms with Crippen LogP contribution in [0, 0.1) is 11.3 Å². The molecular formula is C8H7F2N3O. The second-order valence-electron chi connectivity index (χ2n) is 2.42. The molecule has 0 aliphatic rings. The molecule has 0 amide bonds. The van der Waals surface area contributed by atoms with Crippen LogP contribution in [-0.4, -0.2) is 12.1 Å². The predicted octanol–water partition coefficient (Wildman–Crippen LogP) is 1.48. The Morgan fingerprint density at radius 2 is 2.29 bits per heavy atom. The standard InChI is InChI=1S/C8H7F2N3O/c1-14-7-4(8(9)10)3-13-5(2-11)6(7)12/h3,8H,12H2,1H3. The van der Waals surface area contributed by atoms with Crippen LogP contribution in [0.25, 0.3) is 0 Å². The van der Waals surface area contributed by atoms with Crippen LogP contribution in [0.1, 0.15) is 17.7 Å². The highest BCUT2D eigenvalue weighted by molar-refractivity contribution is 5.63. The number of ether oxygens (including phenoxy) is 1. The van der Waals surface area contributed by atoms with Crippen molar-refractivity contribution in [2.75, 3.05) is 12.8 Å². The number of nitrogens with zero attached hydrogens (tertiary/aromatic N) is 2. The lowest BCUT2D eigenvalue weighted by Gasteiger charge is -2.10. The first-order chi connectivity index (χ1) is 6.61. The second-order valence-corrected chi connectivity index (χ2v) is 2.42. The molecule has 6 heteroatoms. The first-order valence-electron chi connectivity index (χ1n) is 3.62. The highest BCUT2D eigenvalue weighted by atomic mass is 19.3. The van der Waals surface area contributed by atoms with Crippen LogP contribution in [0.15, 0.2) is 6.20 Å². The Balaban J connectivity index is 3.38. The fourth-order valence-electron chi connectivity index (χ4n) is 0.998. The van der Waals surface area contributed by atoms with Crippen molar-refractivity contribution in [3.63, 3.8) is 0 Å². The smallest absolute Gasteiger partial charge is 0.268 e. The normalized spacial score (nSPS) is 9.93. The summed E-state index contributed by atoms with van der Waals surface area (Å²) in [5.41, 5.74) is 4.71. The van der Waals surface area contributed by atoms with Crippen molar-refractivity contribution in [3.05, 3.63) is 17.5 Å². The van der Waals surface area contributed by atoms with Gasteiger partial charge in [-0.15, -0.1) is 0 Å². The lowest BCUT2D eigenvalue weighted by atomic mass is 10.2. The summed E-state index contributed by atoms with van der Waals surface area (Å²) in [5.74, 6) is -0.188. The Bertz CT molecular complexity index is 387. The number of halogens is 2. The number of hydrogen-bond acceptors (Lipinski definition) is 4. The predicted molar refractivity (Wildman–Crippen MR) is 44.9 cm³/mol. The van der Waals surface area contributed by atoms with E-state index in [1.165, 1.54) is 7.11 Å². The third-order valence-corrected chi connectivity index (χ3v) is 1.64. The summed E-state index contributed by atoms with van der Waals surface area (Å²) in [5, 5.41) is 8.53. The molecule has 1 heterocycles. The minimum Gasteiger partial charge on any atom is -0.494 e. The number of nitrogens with two attached hydrogens (primary N) is 1. The maximum absolute atomic E-state index is 12.4. The number of methoxy groups -OCH3 is 1. The molecule has 0 fully saturated rings. The molecule has 0 aliphatic carbocycles. The molecule has 14 heavy (non-hydrogen) atoms. The van der Waals surface area contributed by atoms with Crippen LogP contribution < -0.4 is 10.5 Å². The van der Waals surface area contributed by atoms with Crippen molar-refractivity contribution in [2.45, 2.75) is 6.43 Å². The van der Waals surface area contributed by atoms with E-state index in [9.17, 15) is 8.78 Å². The van der Waals surface area contributed by atoms with Gasteiger partial charge in [-0.1, -0.05) is 0 Å². The van der Waals surface area contributed by atoms with Gasteiger partial charge in [0.1, 0.15) is 11.8 Å². The van der Waals surface area contributed by atoms with Gasteiger partial charge in [-0.2, -0.15) is 5.26 Å². The van der Waals surface area contributed by atoms with E-state index < -0.39 is 12.0 Å². The van der Waals surface area contributed by atoms with Gasteiger partial charge in [-0.05, 0) is 0 Å². The molecule has 1 aromatic heterocycles. The van der Waals surface area contributed by atoms with Gasteiger partial charge in [0.25, 0.3) is 6.43 Å². The van der Waals surface area contributed by atoms with Gasteiger partial charge in [0.2, 0.25) is 0 Å². The van der Waals surface area contributed by atoms with Crippen LogP contribution in [0.5, 0.6) is 5.75 Å². The number of pyridine rings is 1. The molecule has 0 spiro atoms. The summed E-state index contributed by atoms with van der Waals surface area (Å²) in [7, 11) is 1.21. The zero-order valence-corrected chi connectivity index (χ0v) is 7.29. The van der Waals surface area contributed by atoms with E-state index in [1.807, 2.05) is 0 Å². The summed E-state index contributed by atoms with van der Waals surface area (Å²) in [6.07, 6.45) is -1.84. The number of aromatic nitrogens is 1. The summed E-state index contributed by atoms with van der Waals surface area (Å²) < 4.78 is 29.4. The molecular weight excluding hydrogens is 192 g/mol. The Kier molecular flexibility index (Phi) is 2.82. The third-order valence-electron chi connectivity index (χ3n) is 1.64. The van der Waals surface area contributed by atoms with Crippen LogP contribution in [0.2, 0.25) is 0 Å². The molecule has 0 atom stereocenters. The van der Waals surface area contributed by atoms with E-state index in [0.29, 0.717) is 0 Å². The van der Waals surface area contributed by atoms with Crippen molar-refractivity contribution in [1.82, 2.24) is 4.98 Å². The topological polar surface area (TPSA) is 71.9 Å². The average Bonchev–Trinajstić information content (AvgIpc) is 2.17. The van der Waals surface area contributed by atoms with Gasteiger partial charge in [0.15, 0.2) is 11.4 Å². The SMILES string of the molecule is COc1c(C(F)F)cnc(C#N)c1N. The van der Waals surface area contributed by atoms with Crippen molar-refractivity contribution in [1.29, 1.82) is 5.26 Å². The number of hydrogen-bond donors (Lipinski definition) is 1. The summed E-state index contributed by atoms with van der Waals surface area (Å²) in [6, 6.07) is 1.68. The molecule has 0 aliphatic heterocycles. The number of nitriles is 1. The first kappa shape index (κ1) is 10.2. The van der Waals surface area contributed by atoms with Crippen LogP contribution in [0.3, 0.4) is 0 Å². The summed E-state index contributed by atoms with van der Waals surface area (Å²) in [6.45, 7) is 0. The quantitative estimate of drug-likeness (QED) is 0.782. The van der Waals surface area contributed by atoms with Crippen LogP contribution in [-0.2, 0) is 0 Å². The fourth-order valence-corrected chi connectivity index (χ4v) is 0.998. The highest BCUT2D eigenvalue weighted by Crippen LogP contribution is 2.34. The van der Waals surface area contributed by atoms with Gasteiger partial charge in [-0.3, -0.25) is 0 Å². The van der Waals surface area contributed by atoms with E-state index in [4.69, 9.17) is 11.0 Å². The van der Waals surface area contributed by atoms with E-state index >= 15 is 0 Å². The molecule has 0 saturated heterocycles. The average molecular weight is 199 g/mol. The van der Waals surface area contributed by atoms with Crippen molar-refractivity contribution in [2.24, 2.45) is 0 Å². The van der Waals surface area contributed by atoms with E-state index in [1.54, 1.807) is 6.07 Å². The van der Waals surface area contributed by atoms with Gasteiger partial charge in [-0.25, -0.2) is 13.8 Å². The van der Waals surface area contributed by atoms with E-state index in [0.717, 1.165) is 6.20 Å². The molecule has 1 rings (SSSR count). The fraction of sp³-hybridized carbons (Fsp3) is 0.250. The molecule has 74 valence electrons. The number of rotatable bonds is 2. The van der Waals surface area contributed by atoms with Gasteiger partial charge in [0.05, 0.1) is 12.7 Å². The largest absolute Gasteiger partial charge is 0.494 e. The summed E-state index contributed by atoms with van der Waals surface area (Å²) in [4.78, 5) is 3.48. The molecule has 4 nitrogen and oxygen atoms in total. The Hall–Kier alpha value is -1.90. The molecule has 0 saturated carbocycles. The molecule has 1 aromatic rings. The Morgan fingerprint density at radius 3 is 2.71 bits per heavy atom. The Labute approximate surface area is 78.9 Å². The number of alkyl halides is 2. The lowest BCUT2D eigenvalue weighted by Crippen LogP contribution is -2.02. The first-order valence-corrected chi connectivity index (χ1v) is 3.62. The van der Waals surface area contributed by atoms with E-state index in [-0.39, 0.29) is 17.1 Å². The molecule has 0 bridgehead atoms. The molecule has 0 radical (unpaired) electrons. The van der Waals surface area contributed by atoms with Crippen LogP contribution in [0.4, 0.5) is 14.5 Å². The lowest BCUT2D eigenvalue weighted by molar-refractivity contribution is 0.146. The molecule has 0 unspecified atom stereocenters. The maximum Gasteiger partial charge on any atom is 0.268 e. The maximum atomic E-state index is 12.4. The highest BCUT2D eigenvalue weighted by Gasteiger charge is 2.19. The van der Waals surface area contributed by atoms with Gasteiger partial charge in [0, 0.05) is 6.20 Å². The minimum absolute atomic E-state index is 0.119. The summed E-state index contributed by atoms with van der Waals surface area (Å²) >= 11 is 0. The zero-order valence-electron chi connectivity index (χ0n) is 7.29. The monoisotopic (exact) mass is 199 g/mol. The third kappa shape index (κ3) is 1.57. The zero-order chi connectivity index (χ0) is 10.7. The van der Waals surface area contributed by atoms with Crippen molar-refractivity contribution >= 4 is 5.69 Å². The van der Waals surface area contributed by atoms with Gasteiger partial charge >= 0.3 is 0 Å².